The molecule has 0 saturated carbocycles. The molecule has 0 spiro atoms. The lowest BCUT2D eigenvalue weighted by Gasteiger charge is -2.07. The molecule has 0 radical (unpaired) electrons. The smallest absolute Gasteiger partial charge is 0.335 e. The fourth-order valence-electron chi connectivity index (χ4n) is 4.04. The summed E-state index contributed by atoms with van der Waals surface area (Å²) in [5.41, 5.74) is 1.16. The van der Waals surface area contributed by atoms with Gasteiger partial charge in [0, 0.05) is 16.0 Å². The van der Waals surface area contributed by atoms with Gasteiger partial charge in [-0.15, -0.1) is 0 Å². The summed E-state index contributed by atoms with van der Waals surface area (Å²) in [6.45, 7) is 0. The lowest BCUT2D eigenvalue weighted by molar-refractivity contribution is 0.0697. The quantitative estimate of drug-likeness (QED) is 0.235. The van der Waals surface area contributed by atoms with Gasteiger partial charge in [0.1, 0.15) is 17.1 Å². The Kier molecular flexibility index (Phi) is 5.83. The van der Waals surface area contributed by atoms with Gasteiger partial charge in [-0.3, -0.25) is 4.79 Å². The van der Waals surface area contributed by atoms with Crippen molar-refractivity contribution in [1.82, 2.24) is 9.66 Å². The molecule has 3 aromatic carbocycles. The molecule has 186 valence electrons. The summed E-state index contributed by atoms with van der Waals surface area (Å²) >= 11 is 12.4. The molecular weight excluding hydrogens is 529 g/mol. The molecule has 1 N–H and O–H groups in total. The largest absolute Gasteiger partial charge is 0.478 e. The van der Waals surface area contributed by atoms with Crippen molar-refractivity contribution in [2.45, 2.75) is 0 Å². The summed E-state index contributed by atoms with van der Waals surface area (Å²) < 4.78 is 13.0. The molecule has 3 heterocycles. The standard InChI is InChI=1S/C28H15Cl2N3O5/c29-17-6-9-23-16(11-17)13-25(38-23)26-32-22-4-2-1-3-19(22)27(34)33(26)31-14-18-7-10-24(37-18)20-12-15(28(35)36)5-8-21(20)30/h1-14H,(H,35,36). The molecule has 0 amide bonds. The van der Waals surface area contributed by atoms with Crippen LogP contribution >= 0.6 is 23.2 Å². The van der Waals surface area contributed by atoms with Crippen molar-refractivity contribution in [3.05, 3.63) is 111 Å². The topological polar surface area (TPSA) is 111 Å². The third-order valence-corrected chi connectivity index (χ3v) is 6.42. The average Bonchev–Trinajstić information content (AvgIpc) is 3.55. The Hall–Kier alpha value is -4.66. The van der Waals surface area contributed by atoms with E-state index in [1.54, 1.807) is 60.7 Å². The summed E-state index contributed by atoms with van der Waals surface area (Å²) in [6.07, 6.45) is 1.36. The van der Waals surface area contributed by atoms with E-state index in [2.05, 4.69) is 10.1 Å². The Morgan fingerprint density at radius 1 is 0.947 bits per heavy atom. The molecule has 8 nitrogen and oxygen atoms in total. The molecule has 0 saturated heterocycles. The maximum Gasteiger partial charge on any atom is 0.335 e. The molecule has 10 heteroatoms. The summed E-state index contributed by atoms with van der Waals surface area (Å²) in [5, 5.41) is 15.7. The average molecular weight is 544 g/mol. The van der Waals surface area contributed by atoms with Gasteiger partial charge < -0.3 is 13.9 Å². The minimum Gasteiger partial charge on any atom is -0.478 e. The molecule has 0 bridgehead atoms. The number of fused-ring (bicyclic) bond motifs is 2. The fraction of sp³-hybridized carbons (Fsp3) is 0. The van der Waals surface area contributed by atoms with Crippen molar-refractivity contribution in [2.24, 2.45) is 5.10 Å². The number of aromatic nitrogens is 2. The highest BCUT2D eigenvalue weighted by Gasteiger charge is 2.17. The zero-order valence-electron chi connectivity index (χ0n) is 19.3. The number of carbonyl (C=O) groups is 1. The first-order valence-corrected chi connectivity index (χ1v) is 12.0. The van der Waals surface area contributed by atoms with E-state index in [1.807, 2.05) is 0 Å². The molecule has 3 aromatic heterocycles. The first-order chi connectivity index (χ1) is 18.4. The minimum atomic E-state index is -1.08. The molecule has 6 rings (SSSR count). The zero-order valence-corrected chi connectivity index (χ0v) is 20.8. The van der Waals surface area contributed by atoms with E-state index in [9.17, 15) is 14.7 Å². The number of carboxylic acid groups (broad SMARTS) is 1. The number of carboxylic acids is 1. The Morgan fingerprint density at radius 3 is 2.63 bits per heavy atom. The summed E-state index contributed by atoms with van der Waals surface area (Å²) in [4.78, 5) is 29.4. The van der Waals surface area contributed by atoms with E-state index in [1.165, 1.54) is 24.4 Å². The second-order valence-corrected chi connectivity index (χ2v) is 9.15. The van der Waals surface area contributed by atoms with Crippen molar-refractivity contribution in [3.8, 4) is 22.9 Å². The van der Waals surface area contributed by atoms with Crippen LogP contribution in [0.1, 0.15) is 16.1 Å². The third kappa shape index (κ3) is 4.26. The van der Waals surface area contributed by atoms with Gasteiger partial charge in [0.2, 0.25) is 5.82 Å². The summed E-state index contributed by atoms with van der Waals surface area (Å²) in [5.74, 6) is 0.0952. The van der Waals surface area contributed by atoms with Crippen molar-refractivity contribution in [2.75, 3.05) is 0 Å². The van der Waals surface area contributed by atoms with Crippen LogP contribution in [-0.2, 0) is 0 Å². The zero-order chi connectivity index (χ0) is 26.4. The van der Waals surface area contributed by atoms with Gasteiger partial charge in [0.15, 0.2) is 5.76 Å². The van der Waals surface area contributed by atoms with Gasteiger partial charge in [-0.1, -0.05) is 35.3 Å². The van der Waals surface area contributed by atoms with Crippen LogP contribution in [0.3, 0.4) is 0 Å². The van der Waals surface area contributed by atoms with Gasteiger partial charge in [-0.2, -0.15) is 9.78 Å². The molecule has 0 unspecified atom stereocenters. The molecular formula is C28H15Cl2N3O5. The maximum atomic E-state index is 13.4. The van der Waals surface area contributed by atoms with E-state index in [4.69, 9.17) is 32.0 Å². The number of para-hydroxylation sites is 1. The van der Waals surface area contributed by atoms with Crippen LogP contribution in [0, 0.1) is 0 Å². The lowest BCUT2D eigenvalue weighted by Crippen LogP contribution is -2.20. The highest BCUT2D eigenvalue weighted by molar-refractivity contribution is 6.33. The van der Waals surface area contributed by atoms with E-state index < -0.39 is 11.5 Å². The van der Waals surface area contributed by atoms with Gasteiger partial charge in [-0.25, -0.2) is 9.78 Å². The van der Waals surface area contributed by atoms with Crippen LogP contribution < -0.4 is 5.56 Å². The predicted molar refractivity (Wildman–Crippen MR) is 145 cm³/mol. The highest BCUT2D eigenvalue weighted by atomic mass is 35.5. The molecule has 38 heavy (non-hydrogen) atoms. The molecule has 6 aromatic rings. The number of hydrogen-bond acceptors (Lipinski definition) is 6. The van der Waals surface area contributed by atoms with Crippen LogP contribution in [0.5, 0.6) is 0 Å². The monoisotopic (exact) mass is 543 g/mol. The number of halogens is 2. The molecule has 0 aliphatic rings. The van der Waals surface area contributed by atoms with Gasteiger partial charge in [0.05, 0.1) is 27.7 Å². The Balaban J connectivity index is 1.45. The van der Waals surface area contributed by atoms with E-state index in [0.29, 0.717) is 49.4 Å². The van der Waals surface area contributed by atoms with Gasteiger partial charge in [0.25, 0.3) is 5.56 Å². The van der Waals surface area contributed by atoms with Crippen molar-refractivity contribution in [3.63, 3.8) is 0 Å². The summed E-state index contributed by atoms with van der Waals surface area (Å²) in [7, 11) is 0. The van der Waals surface area contributed by atoms with Crippen LogP contribution in [0.15, 0.2) is 97.6 Å². The number of nitrogens with zero attached hydrogens (tertiary/aromatic N) is 3. The lowest BCUT2D eigenvalue weighted by atomic mass is 10.1. The van der Waals surface area contributed by atoms with Crippen LogP contribution in [0.25, 0.3) is 44.8 Å². The number of aromatic carboxylic acids is 1. The molecule has 0 aliphatic heterocycles. The van der Waals surface area contributed by atoms with E-state index in [0.717, 1.165) is 10.1 Å². The minimum absolute atomic E-state index is 0.0709. The van der Waals surface area contributed by atoms with Crippen molar-refractivity contribution >= 4 is 57.3 Å². The van der Waals surface area contributed by atoms with E-state index in [-0.39, 0.29) is 11.4 Å². The van der Waals surface area contributed by atoms with Crippen LogP contribution in [0.2, 0.25) is 10.0 Å². The predicted octanol–water partition coefficient (Wildman–Crippen LogP) is 6.96. The Labute approximate surface area is 224 Å². The van der Waals surface area contributed by atoms with Crippen molar-refractivity contribution in [1.29, 1.82) is 0 Å². The number of furan rings is 2. The first kappa shape index (κ1) is 23.7. The first-order valence-electron chi connectivity index (χ1n) is 11.3. The van der Waals surface area contributed by atoms with Crippen LogP contribution in [0.4, 0.5) is 0 Å². The third-order valence-electron chi connectivity index (χ3n) is 5.86. The normalized spacial score (nSPS) is 11.6. The van der Waals surface area contributed by atoms with Crippen molar-refractivity contribution < 1.29 is 18.7 Å². The highest BCUT2D eigenvalue weighted by Crippen LogP contribution is 2.31. The Bertz CT molecular complexity index is 1970. The fourth-order valence-corrected chi connectivity index (χ4v) is 4.43. The molecule has 0 atom stereocenters. The molecule has 0 aliphatic carbocycles. The molecule has 0 fully saturated rings. The number of benzene rings is 3. The SMILES string of the molecule is O=C(O)c1ccc(Cl)c(-c2ccc(C=Nn3c(-c4cc5cc(Cl)ccc5o4)nc4ccccc4c3=O)o2)c1. The van der Waals surface area contributed by atoms with E-state index >= 15 is 0 Å². The summed E-state index contributed by atoms with van der Waals surface area (Å²) in [6, 6.07) is 21.5. The maximum absolute atomic E-state index is 13.4. The number of hydrogen-bond donors (Lipinski definition) is 1. The Morgan fingerprint density at radius 2 is 1.79 bits per heavy atom. The second kappa shape index (κ2) is 9.33. The van der Waals surface area contributed by atoms with Gasteiger partial charge in [-0.05, 0) is 66.7 Å². The van der Waals surface area contributed by atoms with Crippen LogP contribution in [-0.4, -0.2) is 27.0 Å². The van der Waals surface area contributed by atoms with Gasteiger partial charge >= 0.3 is 5.97 Å². The second-order valence-electron chi connectivity index (χ2n) is 8.31. The number of rotatable bonds is 5.